The van der Waals surface area contributed by atoms with Crippen LogP contribution in [0.2, 0.25) is 0 Å². The number of nitrogens with zero attached hydrogens (tertiary/aromatic N) is 2. The van der Waals surface area contributed by atoms with Gasteiger partial charge in [-0.3, -0.25) is 4.57 Å². The molecule has 0 radical (unpaired) electrons. The molecule has 3 rings (SSSR count). The molecule has 1 aromatic heterocycles. The molecule has 1 atom stereocenters. The number of hydrogen-bond acceptors (Lipinski definition) is 6. The topological polar surface area (TPSA) is 87.1 Å². The lowest BCUT2D eigenvalue weighted by Gasteiger charge is -2.35. The van der Waals surface area contributed by atoms with Gasteiger partial charge in [0.1, 0.15) is 17.2 Å². The van der Waals surface area contributed by atoms with Crippen LogP contribution in [0.15, 0.2) is 48.5 Å². The Morgan fingerprint density at radius 1 is 0.950 bits per heavy atom. The zero-order chi connectivity index (χ0) is 30.3. The Kier molecular flexibility index (Phi) is 8.57. The molecule has 0 saturated carbocycles. The van der Waals surface area contributed by atoms with Crippen molar-refractivity contribution in [3.63, 3.8) is 0 Å². The third-order valence-electron chi connectivity index (χ3n) is 5.82. The lowest BCUT2D eigenvalue weighted by atomic mass is 10.1. The fraction of sp³-hybridized carbons (Fsp3) is 0.464. The highest BCUT2D eigenvalue weighted by Gasteiger charge is 2.55. The number of aryl methyl sites for hydroxylation is 1. The maximum atomic E-state index is 14.4. The summed E-state index contributed by atoms with van der Waals surface area (Å²) in [4.78, 5) is 13.5. The van der Waals surface area contributed by atoms with Gasteiger partial charge in [-0.1, -0.05) is 18.2 Å². The monoisotopic (exact) mass is 584 g/mol. The molecule has 3 aromatic rings. The number of carbonyl (C=O) groups is 1. The highest BCUT2D eigenvalue weighted by atomic mass is 32.2. The van der Waals surface area contributed by atoms with Crippen LogP contribution in [0.1, 0.15) is 47.1 Å². The van der Waals surface area contributed by atoms with E-state index < -0.39 is 45.4 Å². The Bertz CT molecular complexity index is 1470. The Balaban J connectivity index is 2.45. The number of para-hydroxylation sites is 1. The summed E-state index contributed by atoms with van der Waals surface area (Å²) in [5, 5.41) is 0.496. The van der Waals surface area contributed by atoms with E-state index in [2.05, 4.69) is 0 Å². The summed E-state index contributed by atoms with van der Waals surface area (Å²) in [6.45, 7) is 10.3. The predicted octanol–water partition coefficient (Wildman–Crippen LogP) is 6.13. The fourth-order valence-corrected chi connectivity index (χ4v) is 5.27. The molecule has 1 heterocycles. The van der Waals surface area contributed by atoms with Gasteiger partial charge >= 0.3 is 21.5 Å². The Labute approximate surface area is 232 Å². The third-order valence-corrected chi connectivity index (χ3v) is 7.35. The first-order chi connectivity index (χ1) is 18.3. The first-order valence-electron chi connectivity index (χ1n) is 12.5. The number of aromatic nitrogens is 1. The number of halogens is 3. The van der Waals surface area contributed by atoms with E-state index in [1.165, 1.54) is 39.4 Å². The van der Waals surface area contributed by atoms with Gasteiger partial charge in [-0.15, -0.1) is 0 Å². The zero-order valence-corrected chi connectivity index (χ0v) is 24.6. The molecule has 0 aliphatic heterocycles. The molecule has 2 aromatic carbocycles. The van der Waals surface area contributed by atoms with Crippen molar-refractivity contribution >= 4 is 32.7 Å². The van der Waals surface area contributed by atoms with Crippen LogP contribution >= 0.6 is 0 Å². The maximum Gasteiger partial charge on any atom is 0.516 e. The van der Waals surface area contributed by atoms with Gasteiger partial charge in [0.2, 0.25) is 0 Å². The van der Waals surface area contributed by atoms with E-state index in [1.807, 2.05) is 0 Å². The van der Waals surface area contributed by atoms with E-state index in [4.69, 9.17) is 14.2 Å². The van der Waals surface area contributed by atoms with Crippen molar-refractivity contribution < 1.29 is 40.6 Å². The van der Waals surface area contributed by atoms with Crippen LogP contribution < -0.4 is 9.04 Å². The molecule has 0 saturated heterocycles. The van der Waals surface area contributed by atoms with Gasteiger partial charge in [-0.2, -0.15) is 21.6 Å². The van der Waals surface area contributed by atoms with Gasteiger partial charge < -0.3 is 14.2 Å². The molecule has 0 fully saturated rings. The molecule has 0 aliphatic rings. The number of fused-ring (bicyclic) bond motifs is 1. The maximum absolute atomic E-state index is 14.4. The van der Waals surface area contributed by atoms with Crippen LogP contribution in [0.3, 0.4) is 0 Å². The predicted molar refractivity (Wildman–Crippen MR) is 147 cm³/mol. The highest BCUT2D eigenvalue weighted by Crippen LogP contribution is 2.41. The smallest absolute Gasteiger partial charge is 0.497 e. The van der Waals surface area contributed by atoms with Gasteiger partial charge in [-0.25, -0.2) is 9.10 Å². The van der Waals surface area contributed by atoms with Crippen LogP contribution in [0.4, 0.5) is 19.0 Å². The normalized spacial score (nSPS) is 13.8. The summed E-state index contributed by atoms with van der Waals surface area (Å²) >= 11 is 0. The van der Waals surface area contributed by atoms with Crippen molar-refractivity contribution in [3.05, 3.63) is 54.1 Å². The minimum atomic E-state index is -6.17. The van der Waals surface area contributed by atoms with Crippen molar-refractivity contribution in [2.45, 2.75) is 71.2 Å². The highest BCUT2D eigenvalue weighted by molar-refractivity contribution is 7.93. The molecular weight excluding hydrogens is 549 g/mol. The standard InChI is InChI=1S/C28H35F3N2O6S/c1-18-21-11-9-10-12-22(21)32(19-13-15-20(37-8)16-14-19)24(18)33(40(35,36)28(29,30)31)23(17-38-26(2,3)4)25(34)39-27(5,6)7/h9-16,23H,17H2,1-8H3/t23-/m0/s1. The van der Waals surface area contributed by atoms with Gasteiger partial charge in [0.15, 0.2) is 6.04 Å². The number of alkyl halides is 3. The van der Waals surface area contributed by atoms with Gasteiger partial charge in [0.25, 0.3) is 0 Å². The second-order valence-corrected chi connectivity index (χ2v) is 13.0. The van der Waals surface area contributed by atoms with Crippen molar-refractivity contribution in [1.82, 2.24) is 4.57 Å². The summed E-state index contributed by atoms with van der Waals surface area (Å²) in [6.07, 6.45) is 0. The minimum absolute atomic E-state index is 0.104. The summed E-state index contributed by atoms with van der Waals surface area (Å²) in [6, 6.07) is 11.0. The van der Waals surface area contributed by atoms with E-state index in [0.717, 1.165) is 0 Å². The average molecular weight is 585 g/mol. The number of ether oxygens (including phenoxy) is 3. The first-order valence-corrected chi connectivity index (χ1v) is 13.9. The number of methoxy groups -OCH3 is 1. The zero-order valence-electron chi connectivity index (χ0n) is 23.8. The van der Waals surface area contributed by atoms with E-state index in [1.54, 1.807) is 69.3 Å². The first kappa shape index (κ1) is 31.3. The molecule has 12 heteroatoms. The van der Waals surface area contributed by atoms with Crippen LogP contribution in [-0.2, 0) is 24.3 Å². The molecule has 0 bridgehead atoms. The molecule has 0 N–H and O–H groups in total. The van der Waals surface area contributed by atoms with Gasteiger partial charge in [0, 0.05) is 16.6 Å². The largest absolute Gasteiger partial charge is 0.516 e. The SMILES string of the molecule is COc1ccc(-n2c(N([C@@H](COC(C)(C)C)C(=O)OC(C)(C)C)S(=O)(=O)C(F)(F)F)c(C)c3ccccc32)cc1. The number of hydrogen-bond donors (Lipinski definition) is 0. The summed E-state index contributed by atoms with van der Waals surface area (Å²) in [7, 11) is -4.70. The minimum Gasteiger partial charge on any atom is -0.497 e. The Morgan fingerprint density at radius 2 is 1.52 bits per heavy atom. The quantitative estimate of drug-likeness (QED) is 0.296. The van der Waals surface area contributed by atoms with E-state index in [0.29, 0.717) is 22.3 Å². The Morgan fingerprint density at radius 3 is 2.02 bits per heavy atom. The van der Waals surface area contributed by atoms with E-state index in [9.17, 15) is 26.4 Å². The van der Waals surface area contributed by atoms with Crippen molar-refractivity contribution in [1.29, 1.82) is 0 Å². The van der Waals surface area contributed by atoms with Crippen LogP contribution in [0.5, 0.6) is 5.75 Å². The molecule has 8 nitrogen and oxygen atoms in total. The van der Waals surface area contributed by atoms with Crippen LogP contribution in [0.25, 0.3) is 16.6 Å². The molecule has 0 unspecified atom stereocenters. The van der Waals surface area contributed by atoms with E-state index >= 15 is 0 Å². The Hall–Kier alpha value is -3.25. The number of carbonyl (C=O) groups excluding carboxylic acids is 1. The van der Waals surface area contributed by atoms with Crippen molar-refractivity contribution in [2.24, 2.45) is 0 Å². The second-order valence-electron chi connectivity index (χ2n) is 11.2. The second kappa shape index (κ2) is 11.0. The number of anilines is 1. The molecule has 220 valence electrons. The van der Waals surface area contributed by atoms with E-state index in [-0.39, 0.29) is 15.7 Å². The fourth-order valence-electron chi connectivity index (χ4n) is 4.12. The number of rotatable bonds is 8. The summed E-state index contributed by atoms with van der Waals surface area (Å²) < 4.78 is 87.8. The molecule has 0 spiro atoms. The summed E-state index contributed by atoms with van der Waals surface area (Å²) in [5.74, 6) is -1.06. The lowest BCUT2D eigenvalue weighted by Crippen LogP contribution is -2.55. The van der Waals surface area contributed by atoms with Crippen LogP contribution in [-0.4, -0.2) is 55.4 Å². The number of benzene rings is 2. The third kappa shape index (κ3) is 6.55. The van der Waals surface area contributed by atoms with Gasteiger partial charge in [0.05, 0.1) is 24.8 Å². The number of sulfonamides is 1. The van der Waals surface area contributed by atoms with Crippen molar-refractivity contribution in [2.75, 3.05) is 18.0 Å². The van der Waals surface area contributed by atoms with Crippen LogP contribution in [0, 0.1) is 6.92 Å². The molecule has 40 heavy (non-hydrogen) atoms. The number of esters is 1. The molecular formula is C28H35F3N2O6S. The molecule has 0 aliphatic carbocycles. The van der Waals surface area contributed by atoms with Crippen molar-refractivity contribution in [3.8, 4) is 11.4 Å². The summed E-state index contributed by atoms with van der Waals surface area (Å²) in [5.41, 5.74) is -6.79. The molecule has 0 amide bonds. The lowest BCUT2D eigenvalue weighted by molar-refractivity contribution is -0.159. The average Bonchev–Trinajstić information content (AvgIpc) is 3.11. The van der Waals surface area contributed by atoms with Gasteiger partial charge in [-0.05, 0) is 78.8 Å².